The van der Waals surface area contributed by atoms with E-state index in [-0.39, 0.29) is 19.2 Å². The average molecular weight is 412 g/mol. The quantitative estimate of drug-likeness (QED) is 0.673. The number of carbonyl (C=O) groups excluding carboxylic acids is 1. The Morgan fingerprint density at radius 3 is 2.62 bits per heavy atom. The van der Waals surface area contributed by atoms with Gasteiger partial charge in [-0.05, 0) is 42.5 Å². The number of anilines is 1. The largest absolute Gasteiger partial charge is 0.465 e. The summed E-state index contributed by atoms with van der Waals surface area (Å²) in [7, 11) is 0. The van der Waals surface area contributed by atoms with Crippen molar-refractivity contribution in [2.24, 2.45) is 0 Å². The smallest absolute Gasteiger partial charge is 0.416 e. The van der Waals surface area contributed by atoms with E-state index in [0.29, 0.717) is 37.7 Å². The Morgan fingerprint density at radius 1 is 1.24 bits per heavy atom. The summed E-state index contributed by atoms with van der Waals surface area (Å²) in [5.74, 6) is 0.133. The highest BCUT2D eigenvalue weighted by atomic mass is 19.4. The van der Waals surface area contributed by atoms with Gasteiger partial charge >= 0.3 is 12.1 Å². The van der Waals surface area contributed by atoms with Crippen LogP contribution in [0.25, 0.3) is 0 Å². The van der Waals surface area contributed by atoms with Crippen LogP contribution in [-0.4, -0.2) is 63.9 Å². The van der Waals surface area contributed by atoms with Crippen LogP contribution in [0.15, 0.2) is 24.3 Å². The van der Waals surface area contributed by atoms with Crippen molar-refractivity contribution in [1.82, 2.24) is 25.1 Å². The normalized spacial score (nSPS) is 16.7. The zero-order valence-corrected chi connectivity index (χ0v) is 16.3. The molecule has 29 heavy (non-hydrogen) atoms. The first-order valence-electron chi connectivity index (χ1n) is 9.37. The molecule has 0 bridgehead atoms. The second-order valence-electron chi connectivity index (χ2n) is 6.75. The lowest BCUT2D eigenvalue weighted by Gasteiger charge is -2.38. The summed E-state index contributed by atoms with van der Waals surface area (Å²) in [6, 6.07) is 5.22. The van der Waals surface area contributed by atoms with E-state index < -0.39 is 17.7 Å². The van der Waals surface area contributed by atoms with Gasteiger partial charge in [0, 0.05) is 31.9 Å². The van der Waals surface area contributed by atoms with Crippen LogP contribution in [0.4, 0.5) is 18.9 Å². The van der Waals surface area contributed by atoms with Gasteiger partial charge < -0.3 is 9.64 Å². The van der Waals surface area contributed by atoms with Crippen LogP contribution in [0.2, 0.25) is 0 Å². The summed E-state index contributed by atoms with van der Waals surface area (Å²) in [6.45, 7) is 6.29. The maximum Gasteiger partial charge on any atom is 0.416 e. The number of carbonyl (C=O) groups is 1. The van der Waals surface area contributed by atoms with Crippen LogP contribution >= 0.6 is 0 Å². The molecule has 0 spiro atoms. The molecule has 0 unspecified atom stereocenters. The third-order valence-corrected chi connectivity index (χ3v) is 4.92. The summed E-state index contributed by atoms with van der Waals surface area (Å²) < 4.78 is 45.2. The lowest BCUT2D eigenvalue weighted by Crippen LogP contribution is -2.47. The van der Waals surface area contributed by atoms with Crippen molar-refractivity contribution in [2.45, 2.75) is 32.6 Å². The number of rotatable bonds is 6. The van der Waals surface area contributed by atoms with E-state index in [9.17, 15) is 18.0 Å². The van der Waals surface area contributed by atoms with Crippen molar-refractivity contribution >= 4 is 11.7 Å². The summed E-state index contributed by atoms with van der Waals surface area (Å²) in [5.41, 5.74) is -0.0942. The molecule has 0 amide bonds. The van der Waals surface area contributed by atoms with Gasteiger partial charge in [-0.25, -0.2) is 4.68 Å². The van der Waals surface area contributed by atoms with Gasteiger partial charge in [0.05, 0.1) is 18.2 Å². The Hall–Kier alpha value is -2.69. The van der Waals surface area contributed by atoms with E-state index in [1.807, 2.05) is 11.8 Å². The minimum Gasteiger partial charge on any atom is -0.465 e. The number of nitrogens with zero attached hydrogens (tertiary/aromatic N) is 6. The number of benzene rings is 1. The predicted molar refractivity (Wildman–Crippen MR) is 98.1 cm³/mol. The van der Waals surface area contributed by atoms with E-state index in [1.165, 1.54) is 16.8 Å². The first-order chi connectivity index (χ1) is 13.8. The van der Waals surface area contributed by atoms with Crippen molar-refractivity contribution < 1.29 is 22.7 Å². The molecular formula is C18H23F3N6O2. The molecule has 8 nitrogen and oxygen atoms in total. The number of tetrazole rings is 1. The van der Waals surface area contributed by atoms with Gasteiger partial charge in [-0.3, -0.25) is 9.69 Å². The van der Waals surface area contributed by atoms with Crippen molar-refractivity contribution in [3.63, 3.8) is 0 Å². The Bertz CT molecular complexity index is 833. The third-order valence-electron chi connectivity index (χ3n) is 4.92. The fourth-order valence-electron chi connectivity index (χ4n) is 3.36. The number of alkyl halides is 3. The van der Waals surface area contributed by atoms with Gasteiger partial charge in [0.25, 0.3) is 0 Å². The van der Waals surface area contributed by atoms with Gasteiger partial charge in [0.15, 0.2) is 5.82 Å². The highest BCUT2D eigenvalue weighted by Gasteiger charge is 2.31. The Kier molecular flexibility index (Phi) is 6.36. The second-order valence-corrected chi connectivity index (χ2v) is 6.75. The first kappa shape index (κ1) is 21.0. The number of ether oxygens (including phenoxy) is 1. The van der Waals surface area contributed by atoms with Crippen molar-refractivity contribution in [3.05, 3.63) is 35.7 Å². The monoisotopic (exact) mass is 412 g/mol. The average Bonchev–Trinajstić information content (AvgIpc) is 3.15. The van der Waals surface area contributed by atoms with E-state index in [1.54, 1.807) is 13.0 Å². The zero-order chi connectivity index (χ0) is 21.0. The molecule has 0 N–H and O–H groups in total. The molecule has 0 aliphatic carbocycles. The summed E-state index contributed by atoms with van der Waals surface area (Å²) in [5, 5.41) is 11.6. The molecule has 3 rings (SSSR count). The summed E-state index contributed by atoms with van der Waals surface area (Å²) >= 11 is 0. The van der Waals surface area contributed by atoms with Crippen molar-refractivity contribution in [1.29, 1.82) is 0 Å². The molecule has 1 aromatic carbocycles. The summed E-state index contributed by atoms with van der Waals surface area (Å²) in [4.78, 5) is 15.8. The molecule has 158 valence electrons. The van der Waals surface area contributed by atoms with Gasteiger partial charge in [0.1, 0.15) is 6.54 Å². The van der Waals surface area contributed by atoms with Crippen LogP contribution in [0, 0.1) is 0 Å². The molecule has 11 heteroatoms. The van der Waals surface area contributed by atoms with E-state index in [4.69, 9.17) is 4.74 Å². The molecule has 1 atom stereocenters. The number of esters is 1. The fourth-order valence-corrected chi connectivity index (χ4v) is 3.36. The third kappa shape index (κ3) is 5.03. The lowest BCUT2D eigenvalue weighted by molar-refractivity contribution is -0.144. The zero-order valence-electron chi connectivity index (χ0n) is 16.3. The fraction of sp³-hybridized carbons (Fsp3) is 0.556. The van der Waals surface area contributed by atoms with Gasteiger partial charge in [-0.2, -0.15) is 13.2 Å². The topological polar surface area (TPSA) is 76.4 Å². The molecule has 1 aliphatic heterocycles. The number of aromatic nitrogens is 4. The molecule has 1 aromatic heterocycles. The highest BCUT2D eigenvalue weighted by Crippen LogP contribution is 2.32. The maximum absolute atomic E-state index is 13.0. The molecule has 1 saturated heterocycles. The number of hydrogen-bond donors (Lipinski definition) is 0. The van der Waals surface area contributed by atoms with Crippen LogP contribution < -0.4 is 4.90 Å². The first-order valence-corrected chi connectivity index (χ1v) is 9.37. The van der Waals surface area contributed by atoms with Crippen molar-refractivity contribution in [2.75, 3.05) is 37.7 Å². The van der Waals surface area contributed by atoms with Crippen LogP contribution in [0.1, 0.15) is 31.3 Å². The van der Waals surface area contributed by atoms with E-state index in [2.05, 4.69) is 20.4 Å². The lowest BCUT2D eigenvalue weighted by atomic mass is 10.1. The molecule has 1 fully saturated rings. The molecule has 0 radical (unpaired) electrons. The van der Waals surface area contributed by atoms with Gasteiger partial charge in [-0.1, -0.05) is 6.07 Å². The van der Waals surface area contributed by atoms with E-state index >= 15 is 0 Å². The maximum atomic E-state index is 13.0. The van der Waals surface area contributed by atoms with E-state index in [0.717, 1.165) is 6.07 Å². The standard InChI is InChI=1S/C18H23F3N6O2/c1-3-29-16(28)12-27-17(22-23-24-27)13(2)25-7-9-26(10-8-25)15-6-4-5-14(11-15)18(19,20)21/h4-6,11,13H,3,7-10,12H2,1-2H3/t13-/m1/s1. The minimum atomic E-state index is -4.36. The Balaban J connectivity index is 1.63. The number of hydrogen-bond acceptors (Lipinski definition) is 7. The van der Waals surface area contributed by atoms with Gasteiger partial charge in [-0.15, -0.1) is 5.10 Å². The van der Waals surface area contributed by atoms with Crippen molar-refractivity contribution in [3.8, 4) is 0 Å². The SMILES string of the molecule is CCOC(=O)Cn1nnnc1[C@@H](C)N1CCN(c2cccc(C(F)(F)F)c2)CC1. The highest BCUT2D eigenvalue weighted by molar-refractivity contribution is 5.69. The second kappa shape index (κ2) is 8.76. The number of halogens is 3. The molecule has 1 aliphatic rings. The van der Waals surface area contributed by atoms with Crippen LogP contribution in [0.5, 0.6) is 0 Å². The predicted octanol–water partition coefficient (Wildman–Crippen LogP) is 2.14. The molecular weight excluding hydrogens is 389 g/mol. The molecule has 2 heterocycles. The van der Waals surface area contributed by atoms with Gasteiger partial charge in [0.2, 0.25) is 0 Å². The summed E-state index contributed by atoms with van der Waals surface area (Å²) in [6.07, 6.45) is -4.36. The molecule has 0 saturated carbocycles. The Morgan fingerprint density at radius 2 is 1.97 bits per heavy atom. The minimum absolute atomic E-state index is 0.0648. The van der Waals surface area contributed by atoms with Crippen LogP contribution in [0.3, 0.4) is 0 Å². The number of piperazine rings is 1. The molecule has 2 aromatic rings. The van der Waals surface area contributed by atoms with Crippen LogP contribution in [-0.2, 0) is 22.3 Å². The Labute approximate surface area is 166 Å².